The van der Waals surface area contributed by atoms with Gasteiger partial charge in [-0.3, -0.25) is 0 Å². The molecule has 2 aromatic carbocycles. The molecule has 0 saturated carbocycles. The Balaban J connectivity index is 0.00000120. The molecular formula is C23H19Cl2N3Zr. The molecule has 2 aliphatic rings. The summed E-state index contributed by atoms with van der Waals surface area (Å²) in [4.78, 5) is 4.17. The van der Waals surface area contributed by atoms with Crippen LogP contribution in [0.4, 0.5) is 0 Å². The number of hydrogen-bond donors (Lipinski definition) is 0. The van der Waals surface area contributed by atoms with Gasteiger partial charge in [0.05, 0.1) is 0 Å². The van der Waals surface area contributed by atoms with E-state index in [4.69, 9.17) is 0 Å². The first-order valence-corrected chi connectivity index (χ1v) is 11.9. The molecule has 29 heavy (non-hydrogen) atoms. The molecule has 1 unspecified atom stereocenters. The van der Waals surface area contributed by atoms with Crippen molar-refractivity contribution in [3.63, 3.8) is 0 Å². The van der Waals surface area contributed by atoms with Crippen molar-refractivity contribution >= 4 is 11.8 Å². The van der Waals surface area contributed by atoms with E-state index in [1.165, 1.54) is 28.0 Å². The summed E-state index contributed by atoms with van der Waals surface area (Å²) in [5, 5.41) is 4.43. The first-order valence-electron chi connectivity index (χ1n) is 9.23. The predicted molar refractivity (Wildman–Crippen MR) is 104 cm³/mol. The van der Waals surface area contributed by atoms with Crippen LogP contribution >= 0.6 is 0 Å². The second kappa shape index (κ2) is 9.84. The monoisotopic (exact) mass is 497 g/mol. The Labute approximate surface area is 195 Å². The predicted octanol–water partition coefficient (Wildman–Crippen LogP) is -1.12. The minimum absolute atomic E-state index is 0. The Bertz CT molecular complexity index is 1060. The van der Waals surface area contributed by atoms with Crippen LogP contribution in [0.2, 0.25) is 0 Å². The van der Waals surface area contributed by atoms with Crippen molar-refractivity contribution in [1.82, 2.24) is 14.8 Å². The Hall–Kier alpha value is -1.74. The van der Waals surface area contributed by atoms with Gasteiger partial charge in [-0.2, -0.15) is 0 Å². The molecule has 5 rings (SSSR count). The van der Waals surface area contributed by atoms with E-state index < -0.39 is 23.2 Å². The van der Waals surface area contributed by atoms with E-state index in [0.717, 1.165) is 12.8 Å². The molecule has 2 aliphatic carbocycles. The molecule has 1 aromatic heterocycles. The van der Waals surface area contributed by atoms with Crippen molar-refractivity contribution in [3.05, 3.63) is 105 Å². The molecule has 0 aliphatic heterocycles. The molecule has 0 saturated heterocycles. The van der Waals surface area contributed by atoms with Gasteiger partial charge in [-0.15, -0.1) is 0 Å². The second-order valence-corrected chi connectivity index (χ2v) is 10.5. The molecule has 0 bridgehead atoms. The molecule has 0 spiro atoms. The normalized spacial score (nSPS) is 16.6. The molecule has 0 radical (unpaired) electrons. The summed E-state index contributed by atoms with van der Waals surface area (Å²) < 4.78 is 4.16. The summed E-state index contributed by atoms with van der Waals surface area (Å²) in [6.07, 6.45) is 12.6. The fourth-order valence-electron chi connectivity index (χ4n) is 3.86. The van der Waals surface area contributed by atoms with Crippen LogP contribution in [0.15, 0.2) is 88.3 Å². The summed E-state index contributed by atoms with van der Waals surface area (Å²) >= 11 is -0.863. The summed E-state index contributed by atoms with van der Waals surface area (Å²) in [7, 11) is 0. The zero-order chi connectivity index (χ0) is 18.1. The average molecular weight is 500 g/mol. The largest absolute Gasteiger partial charge is 1.00 e. The van der Waals surface area contributed by atoms with Crippen molar-refractivity contribution in [3.8, 4) is 0 Å². The van der Waals surface area contributed by atoms with Gasteiger partial charge in [-0.25, -0.2) is 0 Å². The number of halogens is 2. The minimum atomic E-state index is -0.863. The van der Waals surface area contributed by atoms with E-state index in [9.17, 15) is 0 Å². The number of nitrogens with zero attached hydrogens (tertiary/aromatic N) is 3. The van der Waals surface area contributed by atoms with Gasteiger partial charge >= 0.3 is 171 Å². The fraction of sp³-hybridized carbons (Fsp3) is 0.130. The summed E-state index contributed by atoms with van der Waals surface area (Å²) in [5.41, 5.74) is 7.03. The van der Waals surface area contributed by atoms with Crippen molar-refractivity contribution in [2.75, 3.05) is 0 Å². The molecule has 1 atom stereocenters. The van der Waals surface area contributed by atoms with Gasteiger partial charge < -0.3 is 24.8 Å². The van der Waals surface area contributed by atoms with Crippen LogP contribution in [0.25, 0.3) is 11.8 Å². The average Bonchev–Trinajstić information content (AvgIpc) is 3.44. The van der Waals surface area contributed by atoms with Gasteiger partial charge in [0, 0.05) is 0 Å². The Morgan fingerprint density at radius 1 is 1.00 bits per heavy atom. The topological polar surface area (TPSA) is 30.7 Å². The second-order valence-electron chi connectivity index (χ2n) is 6.89. The molecule has 3 nitrogen and oxygen atoms in total. The van der Waals surface area contributed by atoms with E-state index in [2.05, 4.69) is 82.9 Å². The molecule has 0 amide bonds. The van der Waals surface area contributed by atoms with Crippen LogP contribution in [0, 0.1) is 0 Å². The molecule has 3 aromatic rings. The van der Waals surface area contributed by atoms with Crippen molar-refractivity contribution < 1.29 is 48.0 Å². The maximum atomic E-state index is 4.43. The summed E-state index contributed by atoms with van der Waals surface area (Å²) in [6.45, 7) is 0. The number of benzene rings is 2. The van der Waals surface area contributed by atoms with Gasteiger partial charge in [0.2, 0.25) is 0 Å². The standard InChI is InChI=1S/C12H11.C11H8N3.2ClH.Zr/c1-2-6-11(7-3-1)10-12-8-4-5-9-12;1-2-4-10-6-11(5-9(10)3-1)14-8-12-7-13-14;;;/h1-4,6-8H,5,10H2;1-8H;2*1H;/q;;;;+2/p-2. The minimum Gasteiger partial charge on any atom is -1.00 e. The smallest absolute Gasteiger partial charge is 1.00 e. The van der Waals surface area contributed by atoms with Crippen LogP contribution in [0.1, 0.15) is 26.7 Å². The van der Waals surface area contributed by atoms with E-state index in [0.29, 0.717) is 3.63 Å². The number of hydrogen-bond acceptors (Lipinski definition) is 2. The van der Waals surface area contributed by atoms with Gasteiger partial charge in [0.15, 0.2) is 0 Å². The zero-order valence-electron chi connectivity index (χ0n) is 15.7. The maximum absolute atomic E-state index is 4.43. The van der Waals surface area contributed by atoms with Gasteiger partial charge in [-0.05, 0) is 0 Å². The molecular weight excluding hydrogens is 480 g/mol. The number of aromatic nitrogens is 3. The quantitative estimate of drug-likeness (QED) is 0.446. The number of rotatable bonds is 5. The first kappa shape index (κ1) is 22.0. The number of allylic oxidation sites excluding steroid dienone is 5. The molecule has 0 N–H and O–H groups in total. The third-order valence-corrected chi connectivity index (χ3v) is 9.52. The van der Waals surface area contributed by atoms with Crippen molar-refractivity contribution in [2.45, 2.75) is 16.5 Å². The van der Waals surface area contributed by atoms with Crippen molar-refractivity contribution in [1.29, 1.82) is 0 Å². The van der Waals surface area contributed by atoms with E-state index >= 15 is 0 Å². The zero-order valence-corrected chi connectivity index (χ0v) is 19.6. The van der Waals surface area contributed by atoms with Gasteiger partial charge in [-0.1, -0.05) is 0 Å². The van der Waals surface area contributed by atoms with E-state index in [1.54, 1.807) is 9.61 Å². The van der Waals surface area contributed by atoms with Crippen LogP contribution in [-0.4, -0.2) is 14.8 Å². The Kier molecular flexibility index (Phi) is 7.45. The van der Waals surface area contributed by atoms with E-state index in [-0.39, 0.29) is 24.8 Å². The molecule has 6 heteroatoms. The molecule has 144 valence electrons. The third-order valence-electron chi connectivity index (χ3n) is 5.17. The first-order chi connectivity index (χ1) is 13.4. The molecule has 0 fully saturated rings. The third kappa shape index (κ3) is 4.55. The van der Waals surface area contributed by atoms with Gasteiger partial charge in [0.25, 0.3) is 0 Å². The van der Waals surface area contributed by atoms with Crippen molar-refractivity contribution in [2.24, 2.45) is 0 Å². The van der Waals surface area contributed by atoms with Crippen LogP contribution < -0.4 is 24.8 Å². The number of fused-ring (bicyclic) bond motifs is 1. The SMILES string of the molecule is C1=CC(Cc2ccccc2)=[C]([Zr+2][CH]2C(n3cncn3)=Cc3ccccc32)C1.[Cl-].[Cl-]. The summed E-state index contributed by atoms with van der Waals surface area (Å²) in [5.74, 6) is 0. The van der Waals surface area contributed by atoms with Crippen LogP contribution in [0.5, 0.6) is 0 Å². The fourth-order valence-corrected chi connectivity index (χ4v) is 8.09. The Morgan fingerprint density at radius 2 is 1.79 bits per heavy atom. The van der Waals surface area contributed by atoms with Gasteiger partial charge in [0.1, 0.15) is 0 Å². The van der Waals surface area contributed by atoms with E-state index in [1.807, 2.05) is 11.0 Å². The maximum Gasteiger partial charge on any atom is -1.00 e. The summed E-state index contributed by atoms with van der Waals surface area (Å²) in [6, 6.07) is 19.6. The Morgan fingerprint density at radius 3 is 2.59 bits per heavy atom. The van der Waals surface area contributed by atoms with Crippen LogP contribution in [-0.2, 0) is 29.7 Å². The van der Waals surface area contributed by atoms with Crippen LogP contribution in [0.3, 0.4) is 0 Å². The molecule has 1 heterocycles.